The van der Waals surface area contributed by atoms with Gasteiger partial charge in [-0.2, -0.15) is 23.5 Å². The summed E-state index contributed by atoms with van der Waals surface area (Å²) in [6, 6.07) is 2.34. The lowest BCUT2D eigenvalue weighted by atomic mass is 9.97. The van der Waals surface area contributed by atoms with Crippen LogP contribution in [0.4, 0.5) is 5.82 Å². The van der Waals surface area contributed by atoms with Gasteiger partial charge < -0.3 is 11.1 Å². The van der Waals surface area contributed by atoms with Gasteiger partial charge >= 0.3 is 0 Å². The molecule has 3 atom stereocenters. The third-order valence-electron chi connectivity index (χ3n) is 3.68. The van der Waals surface area contributed by atoms with E-state index in [-0.39, 0.29) is 6.04 Å². The van der Waals surface area contributed by atoms with Crippen molar-refractivity contribution in [3.63, 3.8) is 0 Å². The third-order valence-corrected chi connectivity index (χ3v) is 7.03. The van der Waals surface area contributed by atoms with Gasteiger partial charge in [-0.15, -0.1) is 0 Å². The number of nitrogen functional groups attached to an aromatic ring is 1. The zero-order valence-electron chi connectivity index (χ0n) is 11.8. The van der Waals surface area contributed by atoms with Gasteiger partial charge in [0.1, 0.15) is 5.82 Å². The summed E-state index contributed by atoms with van der Waals surface area (Å²) in [6.45, 7) is 4.40. The molecule has 0 saturated carbocycles. The smallest absolute Gasteiger partial charge is 0.128 e. The number of aromatic nitrogens is 1. The highest BCUT2D eigenvalue weighted by molar-refractivity contribution is 8.07. The highest BCUT2D eigenvalue weighted by atomic mass is 32.2. The largest absolute Gasteiger partial charge is 0.383 e. The molecule has 2 rings (SSSR count). The maximum atomic E-state index is 6.12. The molecule has 106 valence electrons. The molecule has 0 bridgehead atoms. The van der Waals surface area contributed by atoms with E-state index < -0.39 is 0 Å². The molecule has 1 aromatic rings. The Morgan fingerprint density at radius 2 is 2.21 bits per heavy atom. The molecule has 1 saturated heterocycles. The van der Waals surface area contributed by atoms with E-state index in [4.69, 9.17) is 5.73 Å². The first-order valence-electron chi connectivity index (χ1n) is 6.80. The second-order valence-electron chi connectivity index (χ2n) is 4.85. The number of rotatable bonds is 4. The van der Waals surface area contributed by atoms with Crippen LogP contribution in [0, 0.1) is 6.92 Å². The van der Waals surface area contributed by atoms with E-state index in [0.29, 0.717) is 16.3 Å². The fourth-order valence-electron chi connectivity index (χ4n) is 2.72. The zero-order chi connectivity index (χ0) is 13.8. The minimum absolute atomic E-state index is 0.288. The van der Waals surface area contributed by atoms with Crippen molar-refractivity contribution in [2.75, 3.05) is 24.3 Å². The normalized spacial score (nSPS) is 25.2. The molecule has 3 N–H and O–H groups in total. The number of aryl methyl sites for hydroxylation is 1. The second-order valence-corrected chi connectivity index (χ2v) is 7.48. The first-order chi connectivity index (χ1) is 9.19. The van der Waals surface area contributed by atoms with Crippen LogP contribution in [0.3, 0.4) is 0 Å². The van der Waals surface area contributed by atoms with E-state index >= 15 is 0 Å². The molecule has 0 radical (unpaired) electrons. The molecular weight excluding hydrogens is 274 g/mol. The highest BCUT2D eigenvalue weighted by Crippen LogP contribution is 2.41. The molecule has 2 heterocycles. The minimum Gasteiger partial charge on any atom is -0.383 e. The van der Waals surface area contributed by atoms with Crippen LogP contribution in [-0.2, 0) is 0 Å². The van der Waals surface area contributed by atoms with Crippen LogP contribution < -0.4 is 11.1 Å². The maximum absolute atomic E-state index is 6.12. The number of pyridine rings is 1. The maximum Gasteiger partial charge on any atom is 0.128 e. The second kappa shape index (κ2) is 6.86. The first kappa shape index (κ1) is 15.0. The Hall–Kier alpha value is -0.390. The van der Waals surface area contributed by atoms with Crippen LogP contribution in [0.25, 0.3) is 0 Å². The number of hydrogen-bond donors (Lipinski definition) is 2. The van der Waals surface area contributed by atoms with Gasteiger partial charge in [0.2, 0.25) is 0 Å². The number of hydrogen-bond acceptors (Lipinski definition) is 5. The van der Waals surface area contributed by atoms with E-state index in [0.717, 1.165) is 0 Å². The lowest BCUT2D eigenvalue weighted by Gasteiger charge is -2.36. The van der Waals surface area contributed by atoms with Crippen LogP contribution in [0.5, 0.6) is 0 Å². The molecule has 5 heteroatoms. The Balaban J connectivity index is 2.33. The molecule has 0 spiro atoms. The van der Waals surface area contributed by atoms with Crippen LogP contribution in [-0.4, -0.2) is 34.0 Å². The van der Waals surface area contributed by atoms with Gasteiger partial charge in [0.05, 0.1) is 0 Å². The first-order valence-corrected chi connectivity index (χ1v) is 8.90. The van der Waals surface area contributed by atoms with Crippen LogP contribution in [0.2, 0.25) is 0 Å². The monoisotopic (exact) mass is 297 g/mol. The molecule has 3 nitrogen and oxygen atoms in total. The molecule has 1 aromatic heterocycles. The van der Waals surface area contributed by atoms with Crippen LogP contribution in [0.15, 0.2) is 12.3 Å². The van der Waals surface area contributed by atoms with Gasteiger partial charge in [-0.25, -0.2) is 4.98 Å². The highest BCUT2D eigenvalue weighted by Gasteiger charge is 2.33. The van der Waals surface area contributed by atoms with Gasteiger partial charge in [0, 0.05) is 39.8 Å². The summed E-state index contributed by atoms with van der Waals surface area (Å²) in [6.07, 6.45) is 3.00. The third kappa shape index (κ3) is 3.20. The van der Waals surface area contributed by atoms with Gasteiger partial charge in [-0.3, -0.25) is 0 Å². The number of nitrogens with one attached hydrogen (secondary N) is 1. The predicted octanol–water partition coefficient (Wildman–Crippen LogP) is 2.86. The topological polar surface area (TPSA) is 50.9 Å². The lowest BCUT2D eigenvalue weighted by molar-refractivity contribution is 0.541. The van der Waals surface area contributed by atoms with Crippen molar-refractivity contribution >= 4 is 29.3 Å². The van der Waals surface area contributed by atoms with E-state index in [1.54, 1.807) is 6.20 Å². The molecular formula is C14H23N3S2. The van der Waals surface area contributed by atoms with Crippen molar-refractivity contribution in [1.82, 2.24) is 10.3 Å². The summed E-state index contributed by atoms with van der Waals surface area (Å²) in [5.41, 5.74) is 8.54. The quantitative estimate of drug-likeness (QED) is 0.895. The Labute approximate surface area is 124 Å². The van der Waals surface area contributed by atoms with Crippen molar-refractivity contribution in [2.24, 2.45) is 0 Å². The predicted molar refractivity (Wildman–Crippen MR) is 88.0 cm³/mol. The van der Waals surface area contributed by atoms with E-state index in [1.165, 1.54) is 29.1 Å². The molecule has 1 aliphatic rings. The molecule has 0 aliphatic carbocycles. The number of nitrogens with two attached hydrogens (primary N) is 1. The van der Waals surface area contributed by atoms with Gasteiger partial charge in [-0.05, 0) is 32.0 Å². The lowest BCUT2D eigenvalue weighted by Crippen LogP contribution is -2.38. The van der Waals surface area contributed by atoms with Crippen LogP contribution in [0.1, 0.15) is 30.5 Å². The molecule has 3 unspecified atom stereocenters. The molecule has 1 fully saturated rings. The molecule has 0 aromatic carbocycles. The van der Waals surface area contributed by atoms with Crippen LogP contribution >= 0.6 is 23.5 Å². The number of thioether (sulfide) groups is 2. The Morgan fingerprint density at radius 3 is 2.84 bits per heavy atom. The minimum atomic E-state index is 0.288. The van der Waals surface area contributed by atoms with Crippen molar-refractivity contribution in [3.8, 4) is 0 Å². The van der Waals surface area contributed by atoms with Crippen molar-refractivity contribution in [1.29, 1.82) is 0 Å². The fraction of sp³-hybridized carbons (Fsp3) is 0.643. The summed E-state index contributed by atoms with van der Waals surface area (Å²) in [5.74, 6) is 3.16. The van der Waals surface area contributed by atoms with Gasteiger partial charge in [0.15, 0.2) is 0 Å². The molecule has 19 heavy (non-hydrogen) atoms. The Morgan fingerprint density at radius 1 is 1.47 bits per heavy atom. The summed E-state index contributed by atoms with van der Waals surface area (Å²) in [7, 11) is 2.03. The van der Waals surface area contributed by atoms with E-state index in [9.17, 15) is 0 Å². The van der Waals surface area contributed by atoms with Gasteiger partial charge in [-0.1, -0.05) is 6.92 Å². The summed E-state index contributed by atoms with van der Waals surface area (Å²) < 4.78 is 0. The molecule has 1 aliphatic heterocycles. The average Bonchev–Trinajstić information content (AvgIpc) is 2.43. The Bertz CT molecular complexity index is 405. The summed E-state index contributed by atoms with van der Waals surface area (Å²) in [4.78, 5) is 4.28. The van der Waals surface area contributed by atoms with Gasteiger partial charge in [0.25, 0.3) is 0 Å². The summed E-state index contributed by atoms with van der Waals surface area (Å²) >= 11 is 4.17. The fourth-order valence-corrected chi connectivity index (χ4v) is 5.99. The molecule has 0 amide bonds. The Kier molecular flexibility index (Phi) is 5.42. The number of nitrogens with zero attached hydrogens (tertiary/aromatic N) is 1. The van der Waals surface area contributed by atoms with E-state index in [1.807, 2.05) is 7.05 Å². The van der Waals surface area contributed by atoms with Crippen molar-refractivity contribution < 1.29 is 0 Å². The zero-order valence-corrected chi connectivity index (χ0v) is 13.5. The van der Waals surface area contributed by atoms with Crippen molar-refractivity contribution in [2.45, 2.75) is 36.8 Å². The van der Waals surface area contributed by atoms with Crippen molar-refractivity contribution in [3.05, 3.63) is 23.4 Å². The van der Waals surface area contributed by atoms with E-state index in [2.05, 4.69) is 53.7 Å². The SMILES string of the molecule is CCC1SCCSC1C(NC)c1c(C)ccnc1N. The number of anilines is 1. The standard InChI is InChI=1S/C14H23N3S2/c1-4-10-13(19-8-7-18-10)12(16-3)11-9(2)5-6-17-14(11)15/h5-6,10,12-13,16H,4,7-8H2,1-3H3,(H2,15,17). The average molecular weight is 297 g/mol. The summed E-state index contributed by atoms with van der Waals surface area (Å²) in [5, 5.41) is 4.74.